The Morgan fingerprint density at radius 3 is 2.42 bits per heavy atom. The Morgan fingerprint density at radius 2 is 1.89 bits per heavy atom. The number of carbonyl (C=O) groups is 1. The van der Waals surface area contributed by atoms with E-state index in [9.17, 15) is 4.79 Å². The van der Waals surface area contributed by atoms with Crippen molar-refractivity contribution in [1.82, 2.24) is 5.32 Å². The molecule has 0 fully saturated rings. The average molecular weight is 267 g/mol. The van der Waals surface area contributed by atoms with E-state index >= 15 is 0 Å². The monoisotopic (exact) mass is 267 g/mol. The molecule has 0 aliphatic rings. The van der Waals surface area contributed by atoms with E-state index in [0.717, 1.165) is 0 Å². The lowest BCUT2D eigenvalue weighted by Crippen LogP contribution is -2.54. The lowest BCUT2D eigenvalue weighted by Gasteiger charge is -2.27. The van der Waals surface area contributed by atoms with Crippen LogP contribution in [-0.4, -0.2) is 38.9 Å². The number of carbonyl (C=O) groups excluding carboxylic acids is 1. The molecule has 5 heteroatoms. The minimum Gasteiger partial charge on any atom is -0.493 e. The van der Waals surface area contributed by atoms with Crippen molar-refractivity contribution in [2.75, 3.05) is 27.4 Å². The second kappa shape index (κ2) is 6.99. The van der Waals surface area contributed by atoms with Crippen molar-refractivity contribution in [3.05, 3.63) is 24.3 Å². The molecule has 0 heterocycles. The summed E-state index contributed by atoms with van der Waals surface area (Å²) in [5.41, 5.74) is -0.885. The van der Waals surface area contributed by atoms with Gasteiger partial charge < -0.3 is 14.2 Å². The molecule has 1 atom stereocenters. The molecule has 0 saturated heterocycles. The fraction of sp³-hybridized carbons (Fsp3) is 0.500. The average Bonchev–Trinajstić information content (AvgIpc) is 2.44. The molecule has 1 unspecified atom stereocenters. The molecule has 5 nitrogen and oxygen atoms in total. The second-order valence-corrected chi connectivity index (χ2v) is 4.29. The smallest absolute Gasteiger partial charge is 0.329 e. The maximum atomic E-state index is 11.8. The Labute approximate surface area is 113 Å². The SMILES string of the molecule is CCNC(C)(COc1ccccc1OC)C(=O)OC. The van der Waals surface area contributed by atoms with Gasteiger partial charge in [0.15, 0.2) is 11.5 Å². The number of hydrogen-bond donors (Lipinski definition) is 1. The summed E-state index contributed by atoms with van der Waals surface area (Å²) in [4.78, 5) is 11.8. The van der Waals surface area contributed by atoms with Crippen molar-refractivity contribution in [3.8, 4) is 11.5 Å². The molecular formula is C14H21NO4. The van der Waals surface area contributed by atoms with Gasteiger partial charge in [0.2, 0.25) is 0 Å². The van der Waals surface area contributed by atoms with E-state index in [4.69, 9.17) is 14.2 Å². The van der Waals surface area contributed by atoms with Crippen LogP contribution < -0.4 is 14.8 Å². The van der Waals surface area contributed by atoms with Gasteiger partial charge in [-0.25, -0.2) is 4.79 Å². The molecule has 1 aromatic rings. The number of esters is 1. The number of methoxy groups -OCH3 is 2. The number of likely N-dealkylation sites (N-methyl/N-ethyl adjacent to an activating group) is 1. The summed E-state index contributed by atoms with van der Waals surface area (Å²) < 4.78 is 15.7. The second-order valence-electron chi connectivity index (χ2n) is 4.29. The molecule has 106 valence electrons. The lowest BCUT2D eigenvalue weighted by molar-refractivity contribution is -0.149. The Hall–Kier alpha value is -1.75. The van der Waals surface area contributed by atoms with Crippen molar-refractivity contribution >= 4 is 5.97 Å². The molecule has 1 aromatic carbocycles. The Kier molecular flexibility index (Phi) is 5.63. The zero-order valence-electron chi connectivity index (χ0n) is 11.9. The maximum absolute atomic E-state index is 11.8. The van der Waals surface area contributed by atoms with Crippen molar-refractivity contribution in [1.29, 1.82) is 0 Å². The summed E-state index contributed by atoms with van der Waals surface area (Å²) in [6.07, 6.45) is 0. The lowest BCUT2D eigenvalue weighted by atomic mass is 10.0. The van der Waals surface area contributed by atoms with E-state index < -0.39 is 5.54 Å². The fourth-order valence-corrected chi connectivity index (χ4v) is 1.76. The normalized spacial score (nSPS) is 13.5. The van der Waals surface area contributed by atoms with Gasteiger partial charge in [-0.15, -0.1) is 0 Å². The van der Waals surface area contributed by atoms with Crippen molar-refractivity contribution in [2.24, 2.45) is 0 Å². The van der Waals surface area contributed by atoms with E-state index in [-0.39, 0.29) is 12.6 Å². The van der Waals surface area contributed by atoms with Crippen LogP contribution in [0, 0.1) is 0 Å². The van der Waals surface area contributed by atoms with Gasteiger partial charge in [0.25, 0.3) is 0 Å². The molecule has 0 aromatic heterocycles. The number of ether oxygens (including phenoxy) is 3. The van der Waals surface area contributed by atoms with Gasteiger partial charge in [-0.3, -0.25) is 5.32 Å². The van der Waals surface area contributed by atoms with Crippen LogP contribution in [0.25, 0.3) is 0 Å². The third-order valence-electron chi connectivity index (χ3n) is 2.79. The Balaban J connectivity index is 2.79. The summed E-state index contributed by atoms with van der Waals surface area (Å²) >= 11 is 0. The summed E-state index contributed by atoms with van der Waals surface area (Å²) in [5.74, 6) is 0.869. The molecule has 0 spiro atoms. The summed E-state index contributed by atoms with van der Waals surface area (Å²) in [6.45, 7) is 4.47. The molecule has 19 heavy (non-hydrogen) atoms. The summed E-state index contributed by atoms with van der Waals surface area (Å²) in [5, 5.41) is 3.08. The molecule has 0 amide bonds. The number of nitrogens with one attached hydrogen (secondary N) is 1. The van der Waals surface area contributed by atoms with Crippen LogP contribution in [0.4, 0.5) is 0 Å². The Morgan fingerprint density at radius 1 is 1.26 bits per heavy atom. The largest absolute Gasteiger partial charge is 0.493 e. The predicted molar refractivity (Wildman–Crippen MR) is 72.6 cm³/mol. The molecule has 0 aliphatic heterocycles. The van der Waals surface area contributed by atoms with Gasteiger partial charge in [-0.1, -0.05) is 19.1 Å². The van der Waals surface area contributed by atoms with Crippen LogP contribution in [0.3, 0.4) is 0 Å². The highest BCUT2D eigenvalue weighted by atomic mass is 16.5. The van der Waals surface area contributed by atoms with Gasteiger partial charge in [0.1, 0.15) is 12.1 Å². The first-order valence-corrected chi connectivity index (χ1v) is 6.16. The topological polar surface area (TPSA) is 56.8 Å². The third-order valence-corrected chi connectivity index (χ3v) is 2.79. The predicted octanol–water partition coefficient (Wildman–Crippen LogP) is 1.62. The van der Waals surface area contributed by atoms with E-state index in [1.807, 2.05) is 19.1 Å². The summed E-state index contributed by atoms with van der Waals surface area (Å²) in [6, 6.07) is 7.30. The number of para-hydroxylation sites is 2. The van der Waals surface area contributed by atoms with Crippen LogP contribution in [-0.2, 0) is 9.53 Å². The van der Waals surface area contributed by atoms with Crippen molar-refractivity contribution in [3.63, 3.8) is 0 Å². The van der Waals surface area contributed by atoms with Gasteiger partial charge in [0, 0.05) is 0 Å². The molecule has 0 saturated carbocycles. The van der Waals surface area contributed by atoms with E-state index in [1.165, 1.54) is 7.11 Å². The van der Waals surface area contributed by atoms with Crippen molar-refractivity contribution < 1.29 is 19.0 Å². The molecule has 0 bridgehead atoms. The van der Waals surface area contributed by atoms with Crippen LogP contribution in [0.5, 0.6) is 11.5 Å². The van der Waals surface area contributed by atoms with E-state index in [1.54, 1.807) is 26.2 Å². The van der Waals surface area contributed by atoms with Crippen LogP contribution >= 0.6 is 0 Å². The third kappa shape index (κ3) is 3.86. The van der Waals surface area contributed by atoms with E-state index in [2.05, 4.69) is 5.32 Å². The molecule has 0 radical (unpaired) electrons. The molecule has 1 N–H and O–H groups in total. The summed E-state index contributed by atoms with van der Waals surface area (Å²) in [7, 11) is 2.94. The van der Waals surface area contributed by atoms with Gasteiger partial charge in [-0.05, 0) is 25.6 Å². The Bertz CT molecular complexity index is 422. The van der Waals surface area contributed by atoms with E-state index in [0.29, 0.717) is 18.0 Å². The van der Waals surface area contributed by atoms with Crippen LogP contribution in [0.1, 0.15) is 13.8 Å². The molecule has 0 aliphatic carbocycles. The highest BCUT2D eigenvalue weighted by Crippen LogP contribution is 2.26. The van der Waals surface area contributed by atoms with Gasteiger partial charge >= 0.3 is 5.97 Å². The van der Waals surface area contributed by atoms with Crippen LogP contribution in [0.2, 0.25) is 0 Å². The zero-order valence-corrected chi connectivity index (χ0v) is 11.9. The minimum absolute atomic E-state index is 0.161. The maximum Gasteiger partial charge on any atom is 0.329 e. The van der Waals surface area contributed by atoms with Crippen molar-refractivity contribution in [2.45, 2.75) is 19.4 Å². The zero-order chi connectivity index (χ0) is 14.3. The highest BCUT2D eigenvalue weighted by Gasteiger charge is 2.34. The first-order chi connectivity index (χ1) is 9.07. The van der Waals surface area contributed by atoms with Gasteiger partial charge in [0.05, 0.1) is 14.2 Å². The first-order valence-electron chi connectivity index (χ1n) is 6.16. The highest BCUT2D eigenvalue weighted by molar-refractivity contribution is 5.80. The number of benzene rings is 1. The quantitative estimate of drug-likeness (QED) is 0.761. The standard InChI is InChI=1S/C14H21NO4/c1-5-15-14(2,13(16)18-4)10-19-12-9-7-6-8-11(12)17-3/h6-9,15H,5,10H2,1-4H3. The fourth-order valence-electron chi connectivity index (χ4n) is 1.76. The number of rotatable bonds is 7. The molecule has 1 rings (SSSR count). The molecular weight excluding hydrogens is 246 g/mol. The van der Waals surface area contributed by atoms with Crippen LogP contribution in [0.15, 0.2) is 24.3 Å². The number of hydrogen-bond acceptors (Lipinski definition) is 5. The minimum atomic E-state index is -0.885. The first kappa shape index (κ1) is 15.3. The van der Waals surface area contributed by atoms with Gasteiger partial charge in [-0.2, -0.15) is 0 Å².